The van der Waals surface area contributed by atoms with Gasteiger partial charge in [0.25, 0.3) is 10.0 Å². The van der Waals surface area contributed by atoms with Crippen LogP contribution in [0.1, 0.15) is 0 Å². The highest BCUT2D eigenvalue weighted by atomic mass is 79.9. The maximum Gasteiger partial charge on any atom is 0.267 e. The number of nitrogens with zero attached hydrogens (tertiary/aromatic N) is 2. The highest BCUT2D eigenvalue weighted by molar-refractivity contribution is 9.10. The van der Waals surface area contributed by atoms with Crippen molar-refractivity contribution < 1.29 is 8.42 Å². The Labute approximate surface area is 125 Å². The number of rotatable bonds is 4. The van der Waals surface area contributed by atoms with Gasteiger partial charge in [-0.1, -0.05) is 18.2 Å². The van der Waals surface area contributed by atoms with Crippen molar-refractivity contribution in [2.75, 3.05) is 16.8 Å². The monoisotopic (exact) mass is 356 g/mol. The summed E-state index contributed by atoms with van der Waals surface area (Å²) in [6, 6.07) is 8.76. The van der Waals surface area contributed by atoms with E-state index >= 15 is 0 Å². The van der Waals surface area contributed by atoms with E-state index in [1.165, 1.54) is 23.7 Å². The van der Waals surface area contributed by atoms with Gasteiger partial charge in [0.2, 0.25) is 0 Å². The van der Waals surface area contributed by atoms with Gasteiger partial charge in [-0.05, 0) is 28.1 Å². The van der Waals surface area contributed by atoms with E-state index in [-0.39, 0.29) is 10.6 Å². The third-order valence-corrected chi connectivity index (χ3v) is 5.17. The van der Waals surface area contributed by atoms with E-state index in [4.69, 9.17) is 5.84 Å². The number of anilines is 2. The van der Waals surface area contributed by atoms with Gasteiger partial charge in [0.05, 0.1) is 15.8 Å². The predicted molar refractivity (Wildman–Crippen MR) is 81.8 cm³/mol. The number of aromatic nitrogens is 1. The molecule has 6 nitrogen and oxygen atoms in total. The molecule has 0 radical (unpaired) electrons. The number of halogens is 1. The average Bonchev–Trinajstić information content (AvgIpc) is 2.47. The lowest BCUT2D eigenvalue weighted by molar-refractivity contribution is 0.594. The Kier molecular flexibility index (Phi) is 4.26. The van der Waals surface area contributed by atoms with E-state index in [1.54, 1.807) is 24.3 Å². The van der Waals surface area contributed by atoms with Crippen LogP contribution in [0.25, 0.3) is 0 Å². The van der Waals surface area contributed by atoms with Crippen molar-refractivity contribution >= 4 is 37.3 Å². The van der Waals surface area contributed by atoms with Crippen LogP contribution in [0.5, 0.6) is 0 Å². The Morgan fingerprint density at radius 1 is 1.25 bits per heavy atom. The zero-order chi connectivity index (χ0) is 14.8. The Balaban J connectivity index is 2.54. The normalized spacial score (nSPS) is 11.2. The van der Waals surface area contributed by atoms with Crippen molar-refractivity contribution in [2.45, 2.75) is 4.90 Å². The van der Waals surface area contributed by atoms with E-state index in [1.807, 2.05) is 6.07 Å². The molecule has 0 aliphatic heterocycles. The lowest BCUT2D eigenvalue weighted by Crippen LogP contribution is -2.28. The van der Waals surface area contributed by atoms with Gasteiger partial charge >= 0.3 is 0 Å². The molecule has 3 N–H and O–H groups in total. The van der Waals surface area contributed by atoms with E-state index in [0.717, 1.165) is 0 Å². The van der Waals surface area contributed by atoms with Gasteiger partial charge in [-0.3, -0.25) is 15.1 Å². The van der Waals surface area contributed by atoms with Gasteiger partial charge in [-0.15, -0.1) is 0 Å². The van der Waals surface area contributed by atoms with Crippen LogP contribution in [0.3, 0.4) is 0 Å². The van der Waals surface area contributed by atoms with Crippen molar-refractivity contribution in [3.05, 3.63) is 47.2 Å². The van der Waals surface area contributed by atoms with Crippen LogP contribution >= 0.6 is 15.9 Å². The lowest BCUT2D eigenvalue weighted by Gasteiger charge is -2.21. The van der Waals surface area contributed by atoms with E-state index < -0.39 is 10.0 Å². The summed E-state index contributed by atoms with van der Waals surface area (Å²) in [7, 11) is -2.28. The zero-order valence-corrected chi connectivity index (χ0v) is 13.0. The van der Waals surface area contributed by atoms with E-state index in [9.17, 15) is 8.42 Å². The van der Waals surface area contributed by atoms with Crippen molar-refractivity contribution in [2.24, 2.45) is 5.84 Å². The molecule has 1 aromatic heterocycles. The highest BCUT2D eigenvalue weighted by Gasteiger charge is 2.25. The molecule has 1 aromatic carbocycles. The van der Waals surface area contributed by atoms with Gasteiger partial charge in [0.1, 0.15) is 4.90 Å². The maximum absolute atomic E-state index is 12.6. The standard InChI is InChI=1S/C12H13BrN4O2S/c1-17(9-5-3-2-4-6-9)20(18,19)11-8-15-7-10(13)12(11)16-14/h2-8H,14H2,1H3,(H,15,16). The van der Waals surface area contributed by atoms with Gasteiger partial charge in [-0.2, -0.15) is 0 Å². The molecule has 0 atom stereocenters. The quantitative estimate of drug-likeness (QED) is 0.645. The van der Waals surface area contributed by atoms with Crippen LogP contribution in [0.2, 0.25) is 0 Å². The first-order valence-corrected chi connectivity index (χ1v) is 7.86. The van der Waals surface area contributed by atoms with Crippen LogP contribution in [0, 0.1) is 0 Å². The van der Waals surface area contributed by atoms with Crippen LogP contribution in [-0.4, -0.2) is 20.4 Å². The summed E-state index contributed by atoms with van der Waals surface area (Å²) in [5.74, 6) is 5.40. The first-order valence-electron chi connectivity index (χ1n) is 5.62. The van der Waals surface area contributed by atoms with Crippen LogP contribution < -0.4 is 15.6 Å². The third kappa shape index (κ3) is 2.62. The second-order valence-electron chi connectivity index (χ2n) is 3.95. The summed E-state index contributed by atoms with van der Waals surface area (Å²) >= 11 is 3.22. The number of nitrogen functional groups attached to an aromatic ring is 1. The Morgan fingerprint density at radius 3 is 2.50 bits per heavy atom. The van der Waals surface area contributed by atoms with E-state index in [0.29, 0.717) is 10.2 Å². The molecule has 0 unspecified atom stereocenters. The lowest BCUT2D eigenvalue weighted by atomic mass is 10.3. The molecule has 2 rings (SSSR count). The molecular formula is C12H13BrN4O2S. The van der Waals surface area contributed by atoms with Crippen molar-refractivity contribution in [1.82, 2.24) is 4.98 Å². The maximum atomic E-state index is 12.6. The van der Waals surface area contributed by atoms with Crippen LogP contribution in [-0.2, 0) is 10.0 Å². The summed E-state index contributed by atoms with van der Waals surface area (Å²) in [6.07, 6.45) is 2.73. The summed E-state index contributed by atoms with van der Waals surface area (Å²) in [5.41, 5.74) is 3.20. The summed E-state index contributed by atoms with van der Waals surface area (Å²) in [4.78, 5) is 3.89. The summed E-state index contributed by atoms with van der Waals surface area (Å²) in [6.45, 7) is 0. The Morgan fingerprint density at radius 2 is 1.90 bits per heavy atom. The first kappa shape index (κ1) is 14.8. The molecule has 0 bridgehead atoms. The number of hydrazine groups is 1. The minimum atomic E-state index is -3.76. The molecule has 0 amide bonds. The molecular weight excluding hydrogens is 344 g/mol. The first-order chi connectivity index (χ1) is 9.48. The number of nitrogens with one attached hydrogen (secondary N) is 1. The molecule has 0 aliphatic rings. The fraction of sp³-hybridized carbons (Fsp3) is 0.0833. The van der Waals surface area contributed by atoms with Crippen LogP contribution in [0.4, 0.5) is 11.4 Å². The SMILES string of the molecule is CN(c1ccccc1)S(=O)(=O)c1cncc(Br)c1NN. The second kappa shape index (κ2) is 5.78. The second-order valence-corrected chi connectivity index (χ2v) is 6.74. The van der Waals surface area contributed by atoms with Gasteiger partial charge < -0.3 is 5.43 Å². The van der Waals surface area contributed by atoms with Gasteiger partial charge in [-0.25, -0.2) is 8.42 Å². The fourth-order valence-electron chi connectivity index (χ4n) is 1.68. The molecule has 20 heavy (non-hydrogen) atoms. The van der Waals surface area contributed by atoms with E-state index in [2.05, 4.69) is 26.3 Å². The molecule has 8 heteroatoms. The molecule has 0 aliphatic carbocycles. The predicted octanol–water partition coefficient (Wildman–Crippen LogP) is 1.95. The van der Waals surface area contributed by atoms with Crippen molar-refractivity contribution in [1.29, 1.82) is 0 Å². The Bertz CT molecular complexity index is 707. The number of para-hydroxylation sites is 1. The van der Waals surface area contributed by atoms with Gasteiger partial charge in [0.15, 0.2) is 0 Å². The molecule has 2 aromatic rings. The highest BCUT2D eigenvalue weighted by Crippen LogP contribution is 2.31. The largest absolute Gasteiger partial charge is 0.322 e. The minimum Gasteiger partial charge on any atom is -0.322 e. The molecule has 1 heterocycles. The summed E-state index contributed by atoms with van der Waals surface area (Å²) < 4.78 is 26.9. The molecule has 0 spiro atoms. The van der Waals surface area contributed by atoms with Gasteiger partial charge in [0, 0.05) is 19.4 Å². The average molecular weight is 357 g/mol. The molecule has 0 fully saturated rings. The minimum absolute atomic E-state index is 0.000674. The van der Waals surface area contributed by atoms with Crippen molar-refractivity contribution in [3.8, 4) is 0 Å². The third-order valence-electron chi connectivity index (χ3n) is 2.77. The van der Waals surface area contributed by atoms with Crippen molar-refractivity contribution in [3.63, 3.8) is 0 Å². The number of pyridine rings is 1. The number of hydrogen-bond donors (Lipinski definition) is 2. The number of hydrogen-bond acceptors (Lipinski definition) is 5. The molecule has 106 valence electrons. The zero-order valence-electron chi connectivity index (χ0n) is 10.6. The van der Waals surface area contributed by atoms with Crippen LogP contribution in [0.15, 0.2) is 52.1 Å². The smallest absolute Gasteiger partial charge is 0.267 e. The Hall–Kier alpha value is -1.64. The summed E-state index contributed by atoms with van der Waals surface area (Å²) in [5, 5.41) is 0. The number of benzene rings is 1. The molecule has 0 saturated carbocycles. The number of nitrogens with two attached hydrogens (primary N) is 1. The fourth-order valence-corrected chi connectivity index (χ4v) is 3.57. The number of sulfonamides is 1. The topological polar surface area (TPSA) is 88.3 Å². The molecule has 0 saturated heterocycles.